The molecule has 0 radical (unpaired) electrons. The van der Waals surface area contributed by atoms with E-state index < -0.39 is 29.6 Å². The highest BCUT2D eigenvalue weighted by Crippen LogP contribution is 2.27. The van der Waals surface area contributed by atoms with Gasteiger partial charge in [-0.2, -0.15) is 0 Å². The van der Waals surface area contributed by atoms with E-state index in [1.165, 1.54) is 13.2 Å². The summed E-state index contributed by atoms with van der Waals surface area (Å²) in [6.07, 6.45) is -2.41. The minimum absolute atomic E-state index is 0.0660. The number of esters is 1. The molecule has 22 heavy (non-hydrogen) atoms. The molecule has 0 aliphatic heterocycles. The van der Waals surface area contributed by atoms with Gasteiger partial charge < -0.3 is 14.6 Å². The van der Waals surface area contributed by atoms with Crippen molar-refractivity contribution in [3.05, 3.63) is 29.6 Å². The quantitative estimate of drug-likeness (QED) is 0.835. The summed E-state index contributed by atoms with van der Waals surface area (Å²) in [6, 6.07) is 3.45. The number of hydrogen-bond donors (Lipinski definition) is 2. The number of methoxy groups -OCH3 is 1. The van der Waals surface area contributed by atoms with Crippen LogP contribution in [0.4, 0.5) is 14.9 Å². The second-order valence-electron chi connectivity index (χ2n) is 5.65. The van der Waals surface area contributed by atoms with Crippen molar-refractivity contribution in [2.45, 2.75) is 38.9 Å². The summed E-state index contributed by atoms with van der Waals surface area (Å²) in [5.41, 5.74) is -0.474. The first-order valence-corrected chi connectivity index (χ1v) is 6.66. The van der Waals surface area contributed by atoms with Gasteiger partial charge in [0.2, 0.25) is 0 Å². The Morgan fingerprint density at radius 1 is 1.36 bits per heavy atom. The van der Waals surface area contributed by atoms with Crippen molar-refractivity contribution in [1.29, 1.82) is 0 Å². The first kappa shape index (κ1) is 17.9. The van der Waals surface area contributed by atoms with Crippen molar-refractivity contribution < 1.29 is 28.6 Å². The number of rotatable bonds is 4. The van der Waals surface area contributed by atoms with Crippen LogP contribution in [0.25, 0.3) is 0 Å². The van der Waals surface area contributed by atoms with Gasteiger partial charge in [0.25, 0.3) is 0 Å². The van der Waals surface area contributed by atoms with Crippen LogP contribution in [0.3, 0.4) is 0 Å². The molecule has 2 N–H and O–H groups in total. The van der Waals surface area contributed by atoms with Crippen LogP contribution >= 0.6 is 0 Å². The monoisotopic (exact) mass is 313 g/mol. The van der Waals surface area contributed by atoms with Gasteiger partial charge in [-0.05, 0) is 39.0 Å². The molecule has 0 unspecified atom stereocenters. The van der Waals surface area contributed by atoms with Crippen LogP contribution in [-0.2, 0) is 14.3 Å². The third kappa shape index (κ3) is 5.69. The van der Waals surface area contributed by atoms with E-state index in [1.807, 2.05) is 0 Å². The first-order chi connectivity index (χ1) is 10.1. The highest BCUT2D eigenvalue weighted by Gasteiger charge is 2.21. The van der Waals surface area contributed by atoms with Crippen LogP contribution in [0.1, 0.15) is 38.9 Å². The SMILES string of the molecule is COC(=O)C[C@H](O)c1cc(F)ccc1NC(=O)OC(C)(C)C. The molecule has 1 aromatic rings. The molecule has 0 aromatic heterocycles. The minimum Gasteiger partial charge on any atom is -0.469 e. The number of carbonyl (C=O) groups excluding carboxylic acids is 2. The van der Waals surface area contributed by atoms with Crippen LogP contribution in [0.5, 0.6) is 0 Å². The Kier molecular flexibility index (Phi) is 5.87. The smallest absolute Gasteiger partial charge is 0.412 e. The zero-order valence-electron chi connectivity index (χ0n) is 13.0. The molecule has 0 aliphatic carbocycles. The zero-order valence-corrected chi connectivity index (χ0v) is 13.0. The third-order valence-electron chi connectivity index (χ3n) is 2.60. The average Bonchev–Trinajstić information content (AvgIpc) is 2.38. The van der Waals surface area contributed by atoms with Crippen LogP contribution in [0.15, 0.2) is 18.2 Å². The van der Waals surface area contributed by atoms with Crippen molar-refractivity contribution in [3.8, 4) is 0 Å². The van der Waals surface area contributed by atoms with Crippen LogP contribution in [-0.4, -0.2) is 29.9 Å². The second-order valence-corrected chi connectivity index (χ2v) is 5.65. The van der Waals surface area contributed by atoms with Crippen molar-refractivity contribution in [3.63, 3.8) is 0 Å². The molecule has 6 nitrogen and oxygen atoms in total. The Morgan fingerprint density at radius 2 is 2.00 bits per heavy atom. The highest BCUT2D eigenvalue weighted by molar-refractivity contribution is 5.86. The number of nitrogens with one attached hydrogen (secondary N) is 1. The van der Waals surface area contributed by atoms with Crippen molar-refractivity contribution in [2.75, 3.05) is 12.4 Å². The van der Waals surface area contributed by atoms with E-state index in [1.54, 1.807) is 20.8 Å². The number of carbonyl (C=O) groups is 2. The van der Waals surface area contributed by atoms with Gasteiger partial charge in [-0.3, -0.25) is 10.1 Å². The molecule has 1 amide bonds. The molecule has 1 atom stereocenters. The lowest BCUT2D eigenvalue weighted by Gasteiger charge is -2.21. The molecule has 0 saturated heterocycles. The molecular formula is C15H20FNO5. The predicted molar refractivity (Wildman–Crippen MR) is 77.8 cm³/mol. The third-order valence-corrected chi connectivity index (χ3v) is 2.60. The van der Waals surface area contributed by atoms with Crippen molar-refractivity contribution >= 4 is 17.7 Å². The molecule has 0 fully saturated rings. The van der Waals surface area contributed by atoms with E-state index in [0.29, 0.717) is 0 Å². The Morgan fingerprint density at radius 3 is 2.55 bits per heavy atom. The first-order valence-electron chi connectivity index (χ1n) is 6.66. The average molecular weight is 313 g/mol. The summed E-state index contributed by atoms with van der Waals surface area (Å²) in [5, 5.41) is 12.4. The van der Waals surface area contributed by atoms with E-state index in [2.05, 4.69) is 10.1 Å². The lowest BCUT2D eigenvalue weighted by molar-refractivity contribution is -0.142. The second kappa shape index (κ2) is 7.22. The summed E-state index contributed by atoms with van der Waals surface area (Å²) >= 11 is 0. The van der Waals surface area contributed by atoms with E-state index in [9.17, 15) is 19.1 Å². The Balaban J connectivity index is 2.95. The van der Waals surface area contributed by atoms with Gasteiger partial charge in [0.15, 0.2) is 0 Å². The van der Waals surface area contributed by atoms with E-state index >= 15 is 0 Å². The van der Waals surface area contributed by atoms with E-state index in [0.717, 1.165) is 12.1 Å². The normalized spacial score (nSPS) is 12.5. The lowest BCUT2D eigenvalue weighted by Crippen LogP contribution is -2.27. The molecular weight excluding hydrogens is 293 g/mol. The summed E-state index contributed by atoms with van der Waals surface area (Å²) in [7, 11) is 1.18. The number of aliphatic hydroxyl groups is 1. The number of ether oxygens (including phenoxy) is 2. The van der Waals surface area contributed by atoms with Crippen LogP contribution in [0, 0.1) is 5.82 Å². The predicted octanol–water partition coefficient (Wildman–Crippen LogP) is 2.77. The molecule has 0 aliphatic rings. The lowest BCUT2D eigenvalue weighted by atomic mass is 10.0. The van der Waals surface area contributed by atoms with Gasteiger partial charge in [-0.1, -0.05) is 0 Å². The van der Waals surface area contributed by atoms with Gasteiger partial charge in [0, 0.05) is 5.56 Å². The number of anilines is 1. The highest BCUT2D eigenvalue weighted by atomic mass is 19.1. The minimum atomic E-state index is -1.31. The fourth-order valence-electron chi connectivity index (χ4n) is 1.69. The molecule has 0 saturated carbocycles. The summed E-state index contributed by atoms with van der Waals surface area (Å²) in [6.45, 7) is 5.10. The molecule has 1 aromatic carbocycles. The summed E-state index contributed by atoms with van der Waals surface area (Å²) in [4.78, 5) is 23.0. The number of halogens is 1. The Labute approximate surface area is 128 Å². The van der Waals surface area contributed by atoms with Gasteiger partial charge in [-0.15, -0.1) is 0 Å². The van der Waals surface area contributed by atoms with Gasteiger partial charge in [0.1, 0.15) is 11.4 Å². The largest absolute Gasteiger partial charge is 0.469 e. The van der Waals surface area contributed by atoms with Crippen LogP contribution < -0.4 is 5.32 Å². The zero-order chi connectivity index (χ0) is 16.9. The molecule has 0 spiro atoms. The maximum absolute atomic E-state index is 13.4. The van der Waals surface area contributed by atoms with Gasteiger partial charge >= 0.3 is 12.1 Å². The standard InChI is InChI=1S/C15H20FNO5/c1-15(2,3)22-14(20)17-11-6-5-9(16)7-10(11)12(18)8-13(19)21-4/h5-7,12,18H,8H2,1-4H3,(H,17,20)/t12-/m0/s1. The molecule has 122 valence electrons. The molecule has 1 rings (SSSR count). The Hall–Kier alpha value is -2.15. The Bertz CT molecular complexity index is 553. The van der Waals surface area contributed by atoms with Crippen LogP contribution in [0.2, 0.25) is 0 Å². The van der Waals surface area contributed by atoms with E-state index in [-0.39, 0.29) is 17.7 Å². The maximum atomic E-state index is 13.4. The fraction of sp³-hybridized carbons (Fsp3) is 0.467. The van der Waals surface area contributed by atoms with Gasteiger partial charge in [0.05, 0.1) is 25.3 Å². The molecule has 0 bridgehead atoms. The molecule has 7 heteroatoms. The molecule has 0 heterocycles. The number of aliphatic hydroxyl groups excluding tert-OH is 1. The van der Waals surface area contributed by atoms with E-state index in [4.69, 9.17) is 4.74 Å². The maximum Gasteiger partial charge on any atom is 0.412 e. The van der Waals surface area contributed by atoms with Crippen molar-refractivity contribution in [1.82, 2.24) is 0 Å². The number of benzene rings is 1. The fourth-order valence-corrected chi connectivity index (χ4v) is 1.69. The summed E-state index contributed by atoms with van der Waals surface area (Å²) in [5.74, 6) is -1.26. The topological polar surface area (TPSA) is 84.9 Å². The van der Waals surface area contributed by atoms with Crippen molar-refractivity contribution in [2.24, 2.45) is 0 Å². The summed E-state index contributed by atoms with van der Waals surface area (Å²) < 4.78 is 22.9. The number of hydrogen-bond acceptors (Lipinski definition) is 5. The number of amides is 1. The van der Waals surface area contributed by atoms with Gasteiger partial charge in [-0.25, -0.2) is 9.18 Å².